The standard InChI is InChI=1S/C32H46N2O11S/c1-30(2,3)43-28(36)32(7,34-29(37)44-31(4,5)6)18-26(45-46(38,39)20-21-14-12-11-13-15-21)27(35)33-19-23-24(41-9)16-22(40-8)17-25(23)42-10/h11-17,26H,18-20H2,1-10H3,(H,33,35)(H,34,37)/t26-,32+/m0/s1. The van der Waals surface area contributed by atoms with Gasteiger partial charge in [-0.1, -0.05) is 30.3 Å². The van der Waals surface area contributed by atoms with E-state index < -0.39 is 63.1 Å². The van der Waals surface area contributed by atoms with Crippen molar-refractivity contribution in [2.45, 2.75) is 90.0 Å². The predicted molar refractivity (Wildman–Crippen MR) is 170 cm³/mol. The lowest BCUT2D eigenvalue weighted by atomic mass is 9.93. The zero-order chi connectivity index (χ0) is 34.9. The number of carbonyl (C=O) groups excluding carboxylic acids is 3. The molecule has 0 spiro atoms. The summed E-state index contributed by atoms with van der Waals surface area (Å²) in [6, 6.07) is 11.4. The van der Waals surface area contributed by atoms with Gasteiger partial charge in [0.05, 0.1) is 33.4 Å². The molecule has 14 heteroatoms. The third kappa shape index (κ3) is 12.0. The second kappa shape index (κ2) is 15.5. The molecular formula is C32H46N2O11S. The average molecular weight is 667 g/mol. The molecule has 2 aromatic rings. The van der Waals surface area contributed by atoms with E-state index in [1.807, 2.05) is 0 Å². The second-order valence-corrected chi connectivity index (χ2v) is 14.3. The lowest BCUT2D eigenvalue weighted by molar-refractivity contribution is -0.164. The summed E-state index contributed by atoms with van der Waals surface area (Å²) < 4.78 is 59.1. The SMILES string of the molecule is COc1cc(OC)c(CNC(=O)[C@H](C[C@@](C)(NC(=O)OC(C)(C)C)C(=O)OC(C)(C)C)OS(=O)(=O)Cc2ccccc2)c(OC)c1. The largest absolute Gasteiger partial charge is 0.496 e. The molecule has 13 nitrogen and oxygen atoms in total. The van der Waals surface area contributed by atoms with Gasteiger partial charge in [0.2, 0.25) is 0 Å². The number of rotatable bonds is 14. The van der Waals surface area contributed by atoms with Crippen LogP contribution in [0.3, 0.4) is 0 Å². The normalized spacial score (nSPS) is 13.9. The van der Waals surface area contributed by atoms with Gasteiger partial charge in [0, 0.05) is 18.6 Å². The van der Waals surface area contributed by atoms with Crippen molar-refractivity contribution in [1.82, 2.24) is 10.6 Å². The Morgan fingerprint density at radius 1 is 0.804 bits per heavy atom. The predicted octanol–water partition coefficient (Wildman–Crippen LogP) is 4.26. The zero-order valence-corrected chi connectivity index (χ0v) is 29.0. The Hall–Kier alpha value is -4.04. The van der Waals surface area contributed by atoms with E-state index in [-0.39, 0.29) is 6.54 Å². The third-order valence-electron chi connectivity index (χ3n) is 6.22. The van der Waals surface area contributed by atoms with Gasteiger partial charge < -0.3 is 34.3 Å². The summed E-state index contributed by atoms with van der Waals surface area (Å²) >= 11 is 0. The fourth-order valence-corrected chi connectivity index (χ4v) is 5.36. The number of benzene rings is 2. The van der Waals surface area contributed by atoms with E-state index in [9.17, 15) is 22.8 Å². The molecule has 2 aromatic carbocycles. The molecule has 2 atom stereocenters. The van der Waals surface area contributed by atoms with Gasteiger partial charge in [0.15, 0.2) is 6.10 Å². The highest BCUT2D eigenvalue weighted by atomic mass is 32.2. The molecule has 2 rings (SSSR count). The van der Waals surface area contributed by atoms with Gasteiger partial charge in [-0.25, -0.2) is 9.59 Å². The number of ether oxygens (including phenoxy) is 5. The van der Waals surface area contributed by atoms with Crippen LogP contribution in [-0.4, -0.2) is 70.6 Å². The Morgan fingerprint density at radius 3 is 1.83 bits per heavy atom. The topological polar surface area (TPSA) is 165 Å². The fourth-order valence-electron chi connectivity index (χ4n) is 4.18. The van der Waals surface area contributed by atoms with E-state index in [2.05, 4.69) is 10.6 Å². The molecule has 0 fully saturated rings. The van der Waals surface area contributed by atoms with Crippen molar-refractivity contribution in [3.63, 3.8) is 0 Å². The van der Waals surface area contributed by atoms with Crippen LogP contribution in [0.15, 0.2) is 42.5 Å². The van der Waals surface area contributed by atoms with Gasteiger partial charge in [0.25, 0.3) is 16.0 Å². The lowest BCUT2D eigenvalue weighted by Crippen LogP contribution is -2.58. The summed E-state index contributed by atoms with van der Waals surface area (Å²) in [5, 5.41) is 5.12. The number of alkyl carbamates (subject to hydrolysis) is 1. The van der Waals surface area contributed by atoms with Crippen LogP contribution in [0.4, 0.5) is 4.79 Å². The molecule has 0 aromatic heterocycles. The van der Waals surface area contributed by atoms with Crippen LogP contribution in [0.25, 0.3) is 0 Å². The molecule has 2 amide bonds. The minimum absolute atomic E-state index is 0.184. The van der Waals surface area contributed by atoms with Crippen LogP contribution in [0.5, 0.6) is 17.2 Å². The number of carbonyl (C=O) groups is 3. The molecule has 0 heterocycles. The molecule has 256 valence electrons. The summed E-state index contributed by atoms with van der Waals surface area (Å²) in [6.45, 7) is 10.9. The van der Waals surface area contributed by atoms with E-state index in [4.69, 9.17) is 27.9 Å². The Balaban J connectivity index is 2.52. The molecule has 46 heavy (non-hydrogen) atoms. The van der Waals surface area contributed by atoms with Crippen LogP contribution >= 0.6 is 0 Å². The maximum Gasteiger partial charge on any atom is 0.408 e. The van der Waals surface area contributed by atoms with Crippen LogP contribution in [-0.2, 0) is 45.7 Å². The van der Waals surface area contributed by atoms with E-state index >= 15 is 0 Å². The van der Waals surface area contributed by atoms with Gasteiger partial charge in [-0.05, 0) is 54.0 Å². The highest BCUT2D eigenvalue weighted by molar-refractivity contribution is 7.85. The van der Waals surface area contributed by atoms with Gasteiger partial charge in [0.1, 0.15) is 39.7 Å². The lowest BCUT2D eigenvalue weighted by Gasteiger charge is -2.34. The molecular weight excluding hydrogens is 620 g/mol. The molecule has 0 aliphatic heterocycles. The van der Waals surface area contributed by atoms with Crippen molar-refractivity contribution < 1.29 is 50.7 Å². The first kappa shape index (κ1) is 38.1. The first-order chi connectivity index (χ1) is 21.2. The molecule has 0 aliphatic carbocycles. The monoisotopic (exact) mass is 666 g/mol. The van der Waals surface area contributed by atoms with E-state index in [1.165, 1.54) is 28.3 Å². The average Bonchev–Trinajstić information content (AvgIpc) is 2.93. The molecule has 0 aliphatic rings. The molecule has 2 N–H and O–H groups in total. The summed E-state index contributed by atoms with van der Waals surface area (Å²) in [6.07, 6.45) is -3.44. The van der Waals surface area contributed by atoms with Crippen molar-refractivity contribution >= 4 is 28.1 Å². The third-order valence-corrected chi connectivity index (χ3v) is 7.43. The smallest absolute Gasteiger partial charge is 0.408 e. The maximum atomic E-state index is 13.8. The van der Waals surface area contributed by atoms with E-state index in [0.717, 1.165) is 0 Å². The van der Waals surface area contributed by atoms with Gasteiger partial charge in [-0.2, -0.15) is 8.42 Å². The highest BCUT2D eigenvalue weighted by Gasteiger charge is 2.45. The van der Waals surface area contributed by atoms with Crippen molar-refractivity contribution in [3.8, 4) is 17.2 Å². The second-order valence-electron chi connectivity index (χ2n) is 12.7. The first-order valence-electron chi connectivity index (χ1n) is 14.5. The number of methoxy groups -OCH3 is 3. The Morgan fingerprint density at radius 2 is 1.35 bits per heavy atom. The van der Waals surface area contributed by atoms with Crippen LogP contribution in [0.1, 0.15) is 66.0 Å². The summed E-state index contributed by atoms with van der Waals surface area (Å²) in [4.78, 5) is 40.2. The number of esters is 1. The summed E-state index contributed by atoms with van der Waals surface area (Å²) in [5.74, 6) is -1.30. The highest BCUT2D eigenvalue weighted by Crippen LogP contribution is 2.34. The summed E-state index contributed by atoms with van der Waals surface area (Å²) in [7, 11) is -0.0835. The maximum absolute atomic E-state index is 13.8. The molecule has 0 saturated heterocycles. The van der Waals surface area contributed by atoms with Crippen LogP contribution in [0.2, 0.25) is 0 Å². The van der Waals surface area contributed by atoms with Crippen molar-refractivity contribution in [1.29, 1.82) is 0 Å². The number of nitrogens with one attached hydrogen (secondary N) is 2. The van der Waals surface area contributed by atoms with E-state index in [1.54, 1.807) is 84.0 Å². The fraction of sp³-hybridized carbons (Fsp3) is 0.531. The van der Waals surface area contributed by atoms with Crippen LogP contribution in [0, 0.1) is 0 Å². The van der Waals surface area contributed by atoms with Crippen molar-refractivity contribution in [2.24, 2.45) is 0 Å². The van der Waals surface area contributed by atoms with Crippen LogP contribution < -0.4 is 24.8 Å². The van der Waals surface area contributed by atoms with Crippen molar-refractivity contribution in [3.05, 3.63) is 53.6 Å². The Kier molecular flexibility index (Phi) is 12.9. The number of hydrogen-bond donors (Lipinski definition) is 2. The van der Waals surface area contributed by atoms with Crippen molar-refractivity contribution in [2.75, 3.05) is 21.3 Å². The molecule has 0 unspecified atom stereocenters. The van der Waals surface area contributed by atoms with Gasteiger partial charge >= 0.3 is 12.1 Å². The quantitative estimate of drug-likeness (QED) is 0.219. The molecule has 0 bridgehead atoms. The minimum Gasteiger partial charge on any atom is -0.496 e. The minimum atomic E-state index is -4.41. The first-order valence-corrected chi connectivity index (χ1v) is 16.0. The summed E-state index contributed by atoms with van der Waals surface area (Å²) in [5.41, 5.74) is -3.06. The molecule has 0 radical (unpaired) electrons. The van der Waals surface area contributed by atoms with Gasteiger partial charge in [-0.3, -0.25) is 8.98 Å². The molecule has 0 saturated carbocycles. The van der Waals surface area contributed by atoms with E-state index in [0.29, 0.717) is 28.4 Å². The Labute approximate surface area is 271 Å². The number of hydrogen-bond acceptors (Lipinski definition) is 11. The Bertz CT molecular complexity index is 1440. The zero-order valence-electron chi connectivity index (χ0n) is 28.1. The van der Waals surface area contributed by atoms with Gasteiger partial charge in [-0.15, -0.1) is 0 Å². The number of amides is 2.